The number of aryl methyl sites for hydroxylation is 1. The molecule has 1 amide bonds. The number of hydrogen-bond acceptors (Lipinski definition) is 6. The highest BCUT2D eigenvalue weighted by molar-refractivity contribution is 7.80. The highest BCUT2D eigenvalue weighted by Crippen LogP contribution is 2.32. The number of thiazole rings is 1. The van der Waals surface area contributed by atoms with Crippen LogP contribution in [-0.2, 0) is 16.0 Å². The zero-order chi connectivity index (χ0) is 26.2. The van der Waals surface area contributed by atoms with Crippen LogP contribution in [-0.4, -0.2) is 53.1 Å². The number of nitrogens with zero attached hydrogens (tertiary/aromatic N) is 2. The van der Waals surface area contributed by atoms with Gasteiger partial charge in [0.1, 0.15) is 12.2 Å². The number of ether oxygens (including phenoxy) is 1. The Balaban J connectivity index is 1.34. The molecule has 37 heavy (non-hydrogen) atoms. The molecule has 3 aromatic rings. The largest absolute Gasteiger partial charge is 0.465 e. The number of carbonyl (C=O) groups is 2. The first kappa shape index (κ1) is 26.8. The van der Waals surface area contributed by atoms with E-state index in [0.717, 1.165) is 54.2 Å². The molecule has 0 unspecified atom stereocenters. The molecule has 2 aromatic carbocycles. The number of anilines is 1. The van der Waals surface area contributed by atoms with E-state index in [9.17, 15) is 9.59 Å². The summed E-state index contributed by atoms with van der Waals surface area (Å²) in [5, 5.41) is 9.40. The lowest BCUT2D eigenvalue weighted by Crippen LogP contribution is -2.45. The molecule has 2 heterocycles. The molecule has 7 nitrogen and oxygen atoms in total. The molecule has 4 rings (SSSR count). The van der Waals surface area contributed by atoms with Crippen molar-refractivity contribution < 1.29 is 14.3 Å². The Bertz CT molecular complexity index is 1230. The second-order valence-corrected chi connectivity index (χ2v) is 10.1. The first-order valence-corrected chi connectivity index (χ1v) is 13.9. The molecule has 1 aliphatic heterocycles. The third kappa shape index (κ3) is 6.93. The van der Waals surface area contributed by atoms with Crippen LogP contribution < -0.4 is 10.6 Å². The van der Waals surface area contributed by atoms with Crippen molar-refractivity contribution in [2.45, 2.75) is 39.0 Å². The number of likely N-dealkylation sites (tertiary alicyclic amines) is 1. The number of hydrogen-bond donors (Lipinski definition) is 2. The molecule has 0 saturated carbocycles. The Morgan fingerprint density at radius 2 is 1.84 bits per heavy atom. The molecule has 0 aliphatic carbocycles. The first-order valence-electron chi connectivity index (χ1n) is 12.6. The maximum Gasteiger partial charge on any atom is 0.325 e. The average molecular weight is 537 g/mol. The van der Waals surface area contributed by atoms with E-state index in [1.807, 2.05) is 29.6 Å². The van der Waals surface area contributed by atoms with Gasteiger partial charge < -0.3 is 20.3 Å². The van der Waals surface area contributed by atoms with Crippen LogP contribution in [0.25, 0.3) is 11.1 Å². The molecule has 0 spiro atoms. The topological polar surface area (TPSA) is 83.6 Å². The summed E-state index contributed by atoms with van der Waals surface area (Å²) < 4.78 is 4.93. The van der Waals surface area contributed by atoms with Crippen LogP contribution in [0.4, 0.5) is 5.69 Å². The third-order valence-corrected chi connectivity index (χ3v) is 7.83. The minimum atomic E-state index is -0.314. The molecule has 1 saturated heterocycles. The second-order valence-electron chi connectivity index (χ2n) is 8.85. The van der Waals surface area contributed by atoms with Crippen molar-refractivity contribution in [2.75, 3.05) is 31.6 Å². The zero-order valence-electron chi connectivity index (χ0n) is 21.2. The predicted molar refractivity (Wildman–Crippen MR) is 152 cm³/mol. The number of thiocarbonyl (C=S) groups is 1. The molecule has 0 bridgehead atoms. The number of amides is 1. The van der Waals surface area contributed by atoms with Crippen molar-refractivity contribution in [2.24, 2.45) is 0 Å². The van der Waals surface area contributed by atoms with Gasteiger partial charge in [0.2, 0.25) is 0 Å². The van der Waals surface area contributed by atoms with Crippen molar-refractivity contribution in [1.82, 2.24) is 15.2 Å². The highest BCUT2D eigenvalue weighted by Gasteiger charge is 2.25. The van der Waals surface area contributed by atoms with Crippen molar-refractivity contribution in [3.05, 3.63) is 70.2 Å². The summed E-state index contributed by atoms with van der Waals surface area (Å²) in [4.78, 5) is 31.4. The maximum absolute atomic E-state index is 13.1. The lowest BCUT2D eigenvalue weighted by molar-refractivity contribution is -0.141. The Labute approximate surface area is 227 Å². The van der Waals surface area contributed by atoms with E-state index in [0.29, 0.717) is 17.4 Å². The third-order valence-electron chi connectivity index (χ3n) is 6.42. The van der Waals surface area contributed by atoms with Crippen LogP contribution in [0.1, 0.15) is 53.7 Å². The Hall–Kier alpha value is -3.30. The number of aromatic nitrogens is 1. The minimum Gasteiger partial charge on any atom is -0.465 e. The van der Waals surface area contributed by atoms with E-state index in [4.69, 9.17) is 17.0 Å². The van der Waals surface area contributed by atoms with Crippen LogP contribution in [0.5, 0.6) is 0 Å². The monoisotopic (exact) mass is 536 g/mol. The molecule has 0 radical (unpaired) electrons. The van der Waals surface area contributed by atoms with E-state index < -0.39 is 0 Å². The van der Waals surface area contributed by atoms with Gasteiger partial charge in [0, 0.05) is 35.6 Å². The van der Waals surface area contributed by atoms with Crippen LogP contribution >= 0.6 is 23.6 Å². The molecule has 1 aliphatic rings. The smallest absolute Gasteiger partial charge is 0.325 e. The van der Waals surface area contributed by atoms with Crippen LogP contribution in [0.2, 0.25) is 0 Å². The number of nitrogens with one attached hydrogen (secondary N) is 2. The SMILES string of the molecule is CCOC(=O)CNC(=S)N1CCC(c2nc(C(=O)Nc3ccccc3-c3ccc(CC)cc3)cs2)CC1. The zero-order valence-corrected chi connectivity index (χ0v) is 22.8. The maximum atomic E-state index is 13.1. The summed E-state index contributed by atoms with van der Waals surface area (Å²) in [6.45, 7) is 5.88. The summed E-state index contributed by atoms with van der Waals surface area (Å²) >= 11 is 6.96. The molecule has 0 atom stereocenters. The summed E-state index contributed by atoms with van der Waals surface area (Å²) in [6, 6.07) is 16.3. The Kier molecular flexibility index (Phi) is 9.24. The molecule has 1 fully saturated rings. The molecule has 9 heteroatoms. The van der Waals surface area contributed by atoms with E-state index in [-0.39, 0.29) is 24.3 Å². The highest BCUT2D eigenvalue weighted by atomic mass is 32.1. The number of rotatable bonds is 8. The number of para-hydroxylation sites is 1. The fourth-order valence-corrected chi connectivity index (χ4v) is 5.56. The Morgan fingerprint density at radius 1 is 1.11 bits per heavy atom. The fraction of sp³-hybridized carbons (Fsp3) is 0.357. The van der Waals surface area contributed by atoms with Gasteiger partial charge >= 0.3 is 5.97 Å². The molecule has 2 N–H and O–H groups in total. The van der Waals surface area contributed by atoms with Crippen molar-refractivity contribution in [1.29, 1.82) is 0 Å². The quantitative estimate of drug-likeness (QED) is 0.301. The standard InChI is InChI=1S/C28H32N4O3S2/c1-3-19-9-11-20(12-10-19)22-7-5-6-8-23(22)30-26(34)24-18-37-27(31-24)21-13-15-32(16-14-21)28(36)29-17-25(33)35-4-2/h5-12,18,21H,3-4,13-17H2,1-2H3,(H,29,36)(H,30,34). The normalized spacial score (nSPS) is 13.7. The van der Waals surface area contributed by atoms with Gasteiger partial charge in [-0.1, -0.05) is 49.4 Å². The number of benzene rings is 2. The Morgan fingerprint density at radius 3 is 2.54 bits per heavy atom. The van der Waals surface area contributed by atoms with Gasteiger partial charge in [-0.15, -0.1) is 11.3 Å². The van der Waals surface area contributed by atoms with E-state index in [1.165, 1.54) is 16.9 Å². The van der Waals surface area contributed by atoms with Gasteiger partial charge in [0.15, 0.2) is 5.11 Å². The van der Waals surface area contributed by atoms with Crippen LogP contribution in [0, 0.1) is 0 Å². The van der Waals surface area contributed by atoms with E-state index in [2.05, 4.69) is 51.7 Å². The van der Waals surface area contributed by atoms with Crippen molar-refractivity contribution in [3.63, 3.8) is 0 Å². The molecule has 194 valence electrons. The van der Waals surface area contributed by atoms with E-state index >= 15 is 0 Å². The number of piperidine rings is 1. The van der Waals surface area contributed by atoms with E-state index in [1.54, 1.807) is 6.92 Å². The summed E-state index contributed by atoms with van der Waals surface area (Å²) in [5.41, 5.74) is 4.52. The molecular formula is C28H32N4O3S2. The van der Waals surface area contributed by atoms with Gasteiger partial charge in [0.05, 0.1) is 11.6 Å². The minimum absolute atomic E-state index is 0.0741. The predicted octanol–water partition coefficient (Wildman–Crippen LogP) is 5.24. The van der Waals surface area contributed by atoms with Gasteiger partial charge in [-0.25, -0.2) is 4.98 Å². The lowest BCUT2D eigenvalue weighted by Gasteiger charge is -2.33. The summed E-state index contributed by atoms with van der Waals surface area (Å²) in [5.74, 6) is -0.243. The number of carbonyl (C=O) groups excluding carboxylic acids is 2. The van der Waals surface area contributed by atoms with Gasteiger partial charge in [-0.2, -0.15) is 0 Å². The molecule has 1 aromatic heterocycles. The summed E-state index contributed by atoms with van der Waals surface area (Å²) in [6.07, 6.45) is 2.75. The first-order chi connectivity index (χ1) is 18.0. The van der Waals surface area contributed by atoms with Gasteiger partial charge in [-0.3, -0.25) is 9.59 Å². The second kappa shape index (κ2) is 12.8. The number of esters is 1. The van der Waals surface area contributed by atoms with Gasteiger partial charge in [-0.05, 0) is 55.6 Å². The lowest BCUT2D eigenvalue weighted by atomic mass is 9.98. The molecular weight excluding hydrogens is 504 g/mol. The fourth-order valence-electron chi connectivity index (χ4n) is 4.33. The van der Waals surface area contributed by atoms with Crippen molar-refractivity contribution >= 4 is 46.2 Å². The average Bonchev–Trinajstić information content (AvgIpc) is 3.43. The summed E-state index contributed by atoms with van der Waals surface area (Å²) in [7, 11) is 0. The van der Waals surface area contributed by atoms with Crippen molar-refractivity contribution in [3.8, 4) is 11.1 Å². The van der Waals surface area contributed by atoms with Crippen LogP contribution in [0.3, 0.4) is 0 Å². The van der Waals surface area contributed by atoms with Crippen LogP contribution in [0.15, 0.2) is 53.9 Å². The van der Waals surface area contributed by atoms with Gasteiger partial charge in [0.25, 0.3) is 5.91 Å².